The largest absolute Gasteiger partial charge is 0.458 e. The summed E-state index contributed by atoms with van der Waals surface area (Å²) in [7, 11) is 0. The summed E-state index contributed by atoms with van der Waals surface area (Å²) in [6.07, 6.45) is 15.7. The molecule has 3 aliphatic carbocycles. The summed E-state index contributed by atoms with van der Waals surface area (Å²) >= 11 is 0. The number of nitrogens with zero attached hydrogens (tertiary/aromatic N) is 2. The zero-order chi connectivity index (χ0) is 36.0. The lowest BCUT2D eigenvalue weighted by Gasteiger charge is -2.30. The van der Waals surface area contributed by atoms with Crippen LogP contribution in [0.15, 0.2) is 168 Å². The van der Waals surface area contributed by atoms with Crippen molar-refractivity contribution in [1.29, 1.82) is 0 Å². The highest BCUT2D eigenvalue weighted by Crippen LogP contribution is 2.54. The van der Waals surface area contributed by atoms with Crippen LogP contribution in [-0.4, -0.2) is 4.57 Å². The van der Waals surface area contributed by atoms with Crippen molar-refractivity contribution >= 4 is 55.9 Å². The fraction of sp³-hybridized carbons (Fsp3) is 0.137. The normalized spacial score (nSPS) is 18.0. The standard InChI is InChI=1S/C51H40N2O/c1-51(2)43-20-8-3-15-37(43)38-31-30-35(32-44(38)51)52(48-24-13-19-42-41-18-7-12-25-49(41)54-50(42)48)34-28-26-33(27-29-34)36-14-4-9-21-45(36)53-46-22-10-5-16-39(46)40-17-6-11-23-47(40)53/h3-11,13-24,26-32,37,43H,12,25H2,1-2H3. The Balaban J connectivity index is 1.08. The van der Waals surface area contributed by atoms with E-state index in [0.717, 1.165) is 41.2 Å². The van der Waals surface area contributed by atoms with Crippen molar-refractivity contribution < 1.29 is 4.42 Å². The Morgan fingerprint density at radius 3 is 2.20 bits per heavy atom. The Hall–Kier alpha value is -6.32. The molecule has 6 aromatic carbocycles. The van der Waals surface area contributed by atoms with E-state index < -0.39 is 0 Å². The van der Waals surface area contributed by atoms with E-state index in [9.17, 15) is 0 Å². The Bertz CT molecular complexity index is 2820. The molecule has 0 radical (unpaired) electrons. The minimum atomic E-state index is 0.00386. The number of benzene rings is 6. The first-order valence-corrected chi connectivity index (χ1v) is 19.2. The molecular weight excluding hydrogens is 657 g/mol. The third-order valence-electron chi connectivity index (χ3n) is 12.4. The van der Waals surface area contributed by atoms with Crippen LogP contribution in [0.5, 0.6) is 0 Å². The monoisotopic (exact) mass is 696 g/mol. The molecular formula is C51H40N2O. The molecule has 260 valence electrons. The van der Waals surface area contributed by atoms with Crippen molar-refractivity contribution in [2.75, 3.05) is 4.90 Å². The van der Waals surface area contributed by atoms with Gasteiger partial charge >= 0.3 is 0 Å². The van der Waals surface area contributed by atoms with Crippen LogP contribution in [0.2, 0.25) is 0 Å². The minimum absolute atomic E-state index is 0.00386. The van der Waals surface area contributed by atoms with Crippen molar-refractivity contribution in [2.24, 2.45) is 5.92 Å². The fourth-order valence-corrected chi connectivity index (χ4v) is 9.75. The lowest BCUT2D eigenvalue weighted by atomic mass is 9.74. The molecule has 8 aromatic rings. The number of anilines is 3. The molecule has 3 heteroatoms. The van der Waals surface area contributed by atoms with Gasteiger partial charge in [0.2, 0.25) is 0 Å². The van der Waals surface area contributed by atoms with Crippen molar-refractivity contribution in [3.8, 4) is 16.8 Å². The summed E-state index contributed by atoms with van der Waals surface area (Å²) in [6.45, 7) is 4.82. The van der Waals surface area contributed by atoms with Gasteiger partial charge in [-0.3, -0.25) is 0 Å². The van der Waals surface area contributed by atoms with Crippen molar-refractivity contribution in [3.05, 3.63) is 186 Å². The van der Waals surface area contributed by atoms with Crippen molar-refractivity contribution in [2.45, 2.75) is 38.0 Å². The van der Waals surface area contributed by atoms with Gasteiger partial charge in [0.05, 0.1) is 22.4 Å². The Labute approximate surface area is 315 Å². The summed E-state index contributed by atoms with van der Waals surface area (Å²) in [5.41, 5.74) is 14.3. The lowest BCUT2D eigenvalue weighted by molar-refractivity contribution is 0.394. The summed E-state index contributed by atoms with van der Waals surface area (Å²) in [5, 5.41) is 3.70. The molecule has 0 aliphatic heterocycles. The number of aromatic nitrogens is 1. The highest BCUT2D eigenvalue weighted by molar-refractivity contribution is 6.09. The van der Waals surface area contributed by atoms with Crippen LogP contribution in [0, 0.1) is 5.92 Å². The average Bonchev–Trinajstić information content (AvgIpc) is 3.85. The molecule has 0 saturated carbocycles. The quantitative estimate of drug-likeness (QED) is 0.179. The highest BCUT2D eigenvalue weighted by atomic mass is 16.3. The van der Waals surface area contributed by atoms with Crippen LogP contribution < -0.4 is 4.90 Å². The van der Waals surface area contributed by atoms with Crippen molar-refractivity contribution in [1.82, 2.24) is 4.57 Å². The first kappa shape index (κ1) is 31.2. The molecule has 11 rings (SSSR count). The van der Waals surface area contributed by atoms with Gasteiger partial charge in [0.15, 0.2) is 5.58 Å². The highest BCUT2D eigenvalue weighted by Gasteiger charge is 2.44. The molecule has 2 aromatic heterocycles. The molecule has 0 fully saturated rings. The van der Waals surface area contributed by atoms with Crippen LogP contribution in [0.25, 0.3) is 55.7 Å². The first-order valence-electron chi connectivity index (χ1n) is 19.2. The average molecular weight is 697 g/mol. The van der Waals surface area contributed by atoms with Gasteiger partial charge in [-0.2, -0.15) is 0 Å². The van der Waals surface area contributed by atoms with E-state index in [-0.39, 0.29) is 5.41 Å². The number of aryl methyl sites for hydroxylation is 1. The van der Waals surface area contributed by atoms with E-state index in [1.165, 1.54) is 60.7 Å². The molecule has 2 atom stereocenters. The number of allylic oxidation sites excluding steroid dienone is 5. The number of rotatable bonds is 5. The van der Waals surface area contributed by atoms with Gasteiger partial charge in [-0.25, -0.2) is 0 Å². The van der Waals surface area contributed by atoms with Gasteiger partial charge in [-0.1, -0.05) is 135 Å². The van der Waals surface area contributed by atoms with Gasteiger partial charge < -0.3 is 13.9 Å². The van der Waals surface area contributed by atoms with Crippen LogP contribution in [-0.2, 0) is 11.8 Å². The van der Waals surface area contributed by atoms with Crippen LogP contribution >= 0.6 is 0 Å². The van der Waals surface area contributed by atoms with Gasteiger partial charge in [0.25, 0.3) is 0 Å². The van der Waals surface area contributed by atoms with Gasteiger partial charge in [0.1, 0.15) is 5.76 Å². The second kappa shape index (κ2) is 11.8. The molecule has 2 heterocycles. The SMILES string of the molecule is CC1(C)c2cc(N(c3ccc(-c4ccccc4-n4c5ccccc5c5ccccc54)cc3)c3cccc4c5c(oc34)CCC=C5)ccc2C2C=CC=CC21. The molecule has 3 nitrogen and oxygen atoms in total. The third-order valence-corrected chi connectivity index (χ3v) is 12.4. The second-order valence-electron chi connectivity index (χ2n) is 15.6. The van der Waals surface area contributed by atoms with E-state index in [0.29, 0.717) is 11.8 Å². The maximum atomic E-state index is 6.76. The smallest absolute Gasteiger partial charge is 0.158 e. The summed E-state index contributed by atoms with van der Waals surface area (Å²) in [4.78, 5) is 2.41. The van der Waals surface area contributed by atoms with Gasteiger partial charge in [-0.05, 0) is 83.0 Å². The molecule has 0 N–H and O–H groups in total. The first-order chi connectivity index (χ1) is 26.6. The molecule has 3 aliphatic rings. The number of para-hydroxylation sites is 4. The van der Waals surface area contributed by atoms with E-state index in [1.807, 2.05) is 0 Å². The Morgan fingerprint density at radius 1 is 0.685 bits per heavy atom. The summed E-state index contributed by atoms with van der Waals surface area (Å²) in [6, 6.07) is 49.1. The molecule has 0 saturated heterocycles. The molecule has 54 heavy (non-hydrogen) atoms. The van der Waals surface area contributed by atoms with E-state index >= 15 is 0 Å². The maximum absolute atomic E-state index is 6.76. The molecule has 2 unspecified atom stereocenters. The van der Waals surface area contributed by atoms with Crippen LogP contribution in [0.3, 0.4) is 0 Å². The number of fused-ring (bicyclic) bond motifs is 9. The van der Waals surface area contributed by atoms with E-state index in [2.05, 4.69) is 193 Å². The van der Waals surface area contributed by atoms with Gasteiger partial charge in [-0.15, -0.1) is 0 Å². The number of hydrogen-bond donors (Lipinski definition) is 0. The zero-order valence-corrected chi connectivity index (χ0v) is 30.5. The number of furan rings is 1. The topological polar surface area (TPSA) is 21.3 Å². The predicted molar refractivity (Wildman–Crippen MR) is 226 cm³/mol. The maximum Gasteiger partial charge on any atom is 0.158 e. The van der Waals surface area contributed by atoms with Crippen LogP contribution in [0.1, 0.15) is 48.6 Å². The molecule has 0 spiro atoms. The van der Waals surface area contributed by atoms with E-state index in [4.69, 9.17) is 4.42 Å². The predicted octanol–water partition coefficient (Wildman–Crippen LogP) is 13.7. The molecule has 0 amide bonds. The minimum Gasteiger partial charge on any atom is -0.458 e. The zero-order valence-electron chi connectivity index (χ0n) is 30.5. The van der Waals surface area contributed by atoms with Crippen molar-refractivity contribution in [3.63, 3.8) is 0 Å². The third kappa shape index (κ3) is 4.54. The Morgan fingerprint density at radius 2 is 1.39 bits per heavy atom. The number of hydrogen-bond acceptors (Lipinski definition) is 2. The summed E-state index contributed by atoms with van der Waals surface area (Å²) < 4.78 is 9.18. The van der Waals surface area contributed by atoms with E-state index in [1.54, 1.807) is 0 Å². The summed E-state index contributed by atoms with van der Waals surface area (Å²) in [5.74, 6) is 1.93. The van der Waals surface area contributed by atoms with Crippen LogP contribution in [0.4, 0.5) is 17.1 Å². The Kier molecular flexibility index (Phi) is 6.85. The second-order valence-corrected chi connectivity index (χ2v) is 15.6. The lowest BCUT2D eigenvalue weighted by Crippen LogP contribution is -2.24. The van der Waals surface area contributed by atoms with Gasteiger partial charge in [0, 0.05) is 51.0 Å². The fourth-order valence-electron chi connectivity index (χ4n) is 9.75. The molecule has 0 bridgehead atoms.